The van der Waals surface area contributed by atoms with E-state index in [1.165, 1.54) is 0 Å². The predicted molar refractivity (Wildman–Crippen MR) is 63.7 cm³/mol. The molecule has 0 saturated carbocycles. The van der Waals surface area contributed by atoms with Gasteiger partial charge in [-0.2, -0.15) is 18.3 Å². The van der Waals surface area contributed by atoms with Crippen LogP contribution in [0, 0.1) is 5.92 Å². The molecule has 112 valence electrons. The van der Waals surface area contributed by atoms with Crippen molar-refractivity contribution < 1.29 is 18.0 Å². The van der Waals surface area contributed by atoms with Gasteiger partial charge in [0, 0.05) is 13.1 Å². The lowest BCUT2D eigenvalue weighted by atomic mass is 10.1. The molecule has 1 fully saturated rings. The van der Waals surface area contributed by atoms with E-state index in [9.17, 15) is 18.0 Å². The number of amides is 1. The number of alkyl halides is 3. The van der Waals surface area contributed by atoms with E-state index in [2.05, 4.69) is 15.4 Å². The van der Waals surface area contributed by atoms with Crippen molar-refractivity contribution in [2.75, 3.05) is 26.7 Å². The average Bonchev–Trinajstić information content (AvgIpc) is 2.98. The van der Waals surface area contributed by atoms with Crippen LogP contribution in [0.5, 0.6) is 0 Å². The van der Waals surface area contributed by atoms with E-state index in [-0.39, 0.29) is 11.8 Å². The zero-order valence-electron chi connectivity index (χ0n) is 11.0. The van der Waals surface area contributed by atoms with Gasteiger partial charge in [0.2, 0.25) is 5.91 Å². The van der Waals surface area contributed by atoms with Crippen LogP contribution < -0.4 is 5.32 Å². The lowest BCUT2D eigenvalue weighted by Gasteiger charge is -2.21. The summed E-state index contributed by atoms with van der Waals surface area (Å²) in [5.74, 6) is -0.589. The maximum Gasteiger partial charge on any atom is 0.412 e. The van der Waals surface area contributed by atoms with Crippen LogP contribution in [-0.4, -0.2) is 58.4 Å². The first-order chi connectivity index (χ1) is 9.38. The number of halogens is 3. The molecule has 1 aliphatic heterocycles. The fourth-order valence-electron chi connectivity index (χ4n) is 2.23. The lowest BCUT2D eigenvalue weighted by molar-refractivity contribution is -0.169. The number of nitrogens with one attached hydrogen (secondary N) is 1. The quantitative estimate of drug-likeness (QED) is 0.875. The highest BCUT2D eigenvalue weighted by Gasteiger charge is 2.42. The summed E-state index contributed by atoms with van der Waals surface area (Å²) in [6, 6.07) is -1.90. The minimum atomic E-state index is -4.49. The van der Waals surface area contributed by atoms with Gasteiger partial charge in [0.15, 0.2) is 6.04 Å². The van der Waals surface area contributed by atoms with Crippen molar-refractivity contribution in [3.05, 3.63) is 12.7 Å². The van der Waals surface area contributed by atoms with Crippen molar-refractivity contribution >= 4 is 5.91 Å². The molecule has 1 aliphatic rings. The summed E-state index contributed by atoms with van der Waals surface area (Å²) >= 11 is 0. The lowest BCUT2D eigenvalue weighted by Crippen LogP contribution is -2.41. The van der Waals surface area contributed by atoms with Gasteiger partial charge in [-0.1, -0.05) is 0 Å². The summed E-state index contributed by atoms with van der Waals surface area (Å²) in [6.45, 7) is 0.821. The Hall–Kier alpha value is -1.64. The number of hydrogen-bond donors (Lipinski definition) is 1. The molecule has 6 nitrogen and oxygen atoms in total. The molecule has 0 spiro atoms. The van der Waals surface area contributed by atoms with E-state index in [1.54, 1.807) is 0 Å². The van der Waals surface area contributed by atoms with E-state index in [0.29, 0.717) is 17.6 Å². The van der Waals surface area contributed by atoms with Crippen LogP contribution in [0.25, 0.3) is 0 Å². The molecule has 20 heavy (non-hydrogen) atoms. The van der Waals surface area contributed by atoms with Gasteiger partial charge in [0.25, 0.3) is 0 Å². The van der Waals surface area contributed by atoms with Gasteiger partial charge in [-0.3, -0.25) is 4.79 Å². The monoisotopic (exact) mass is 291 g/mol. The summed E-state index contributed by atoms with van der Waals surface area (Å²) in [5.41, 5.74) is 0. The average molecular weight is 291 g/mol. The first-order valence-electron chi connectivity index (χ1n) is 6.25. The SMILES string of the molecule is CN1CCC(C(=O)NCC(n2cncn2)C(F)(F)F)C1. The maximum atomic E-state index is 12.9. The molecule has 0 aliphatic carbocycles. The van der Waals surface area contributed by atoms with Gasteiger partial charge < -0.3 is 10.2 Å². The third-order valence-electron chi connectivity index (χ3n) is 3.37. The fraction of sp³-hybridized carbons (Fsp3) is 0.727. The molecule has 1 saturated heterocycles. The molecule has 2 rings (SSSR count). The van der Waals surface area contributed by atoms with Crippen molar-refractivity contribution in [3.63, 3.8) is 0 Å². The Morgan fingerprint density at radius 1 is 1.55 bits per heavy atom. The third-order valence-corrected chi connectivity index (χ3v) is 3.37. The molecular formula is C11H16F3N5O. The Bertz CT molecular complexity index is 447. The van der Waals surface area contributed by atoms with Crippen LogP contribution in [0.2, 0.25) is 0 Å². The standard InChI is InChI=1S/C11H16F3N5O/c1-18-3-2-8(5-18)10(20)16-4-9(11(12,13)14)19-7-15-6-17-19/h6-9H,2-5H2,1H3,(H,16,20). The van der Waals surface area contributed by atoms with Gasteiger partial charge in [0.1, 0.15) is 12.7 Å². The van der Waals surface area contributed by atoms with E-state index in [0.717, 1.165) is 19.2 Å². The largest absolute Gasteiger partial charge is 0.412 e. The smallest absolute Gasteiger partial charge is 0.353 e. The summed E-state index contributed by atoms with van der Waals surface area (Å²) < 4.78 is 39.5. The molecule has 1 N–H and O–H groups in total. The number of nitrogens with zero attached hydrogens (tertiary/aromatic N) is 4. The third kappa shape index (κ3) is 3.47. The Balaban J connectivity index is 1.94. The fourth-order valence-corrected chi connectivity index (χ4v) is 2.23. The second kappa shape index (κ2) is 5.78. The number of hydrogen-bond acceptors (Lipinski definition) is 4. The molecule has 0 aromatic carbocycles. The van der Waals surface area contributed by atoms with Gasteiger partial charge in [-0.25, -0.2) is 9.67 Å². The zero-order chi connectivity index (χ0) is 14.8. The van der Waals surface area contributed by atoms with Crippen LogP contribution in [0.4, 0.5) is 13.2 Å². The Morgan fingerprint density at radius 3 is 2.80 bits per heavy atom. The molecular weight excluding hydrogens is 275 g/mol. The number of rotatable bonds is 4. The van der Waals surface area contributed by atoms with Crippen LogP contribution in [0.3, 0.4) is 0 Å². The Morgan fingerprint density at radius 2 is 2.30 bits per heavy atom. The van der Waals surface area contributed by atoms with Crippen molar-refractivity contribution in [2.24, 2.45) is 5.92 Å². The van der Waals surface area contributed by atoms with E-state index < -0.39 is 18.8 Å². The Kier molecular flexibility index (Phi) is 4.26. The molecule has 0 radical (unpaired) electrons. The molecule has 2 atom stereocenters. The van der Waals surface area contributed by atoms with Gasteiger partial charge in [0.05, 0.1) is 5.92 Å². The van der Waals surface area contributed by atoms with Crippen LogP contribution in [-0.2, 0) is 4.79 Å². The van der Waals surface area contributed by atoms with E-state index in [4.69, 9.17) is 0 Å². The Labute approximate surface area is 114 Å². The highest BCUT2D eigenvalue weighted by molar-refractivity contribution is 5.79. The number of carbonyl (C=O) groups excluding carboxylic acids is 1. The topological polar surface area (TPSA) is 63.1 Å². The first kappa shape index (κ1) is 14.8. The van der Waals surface area contributed by atoms with Crippen molar-refractivity contribution in [2.45, 2.75) is 18.6 Å². The van der Waals surface area contributed by atoms with Crippen molar-refractivity contribution in [1.29, 1.82) is 0 Å². The predicted octanol–water partition coefficient (Wildman–Crippen LogP) is 0.449. The molecule has 1 aromatic rings. The molecule has 1 aromatic heterocycles. The van der Waals surface area contributed by atoms with Crippen LogP contribution in [0.15, 0.2) is 12.7 Å². The number of carbonyl (C=O) groups is 1. The van der Waals surface area contributed by atoms with Gasteiger partial charge in [-0.15, -0.1) is 0 Å². The first-order valence-corrected chi connectivity index (χ1v) is 6.25. The zero-order valence-corrected chi connectivity index (χ0v) is 11.0. The van der Waals surface area contributed by atoms with Gasteiger partial charge >= 0.3 is 6.18 Å². The van der Waals surface area contributed by atoms with Crippen molar-refractivity contribution in [3.8, 4) is 0 Å². The summed E-state index contributed by atoms with van der Waals surface area (Å²) in [5, 5.41) is 5.86. The molecule has 2 heterocycles. The normalized spacial score (nSPS) is 21.9. The van der Waals surface area contributed by atoms with Crippen molar-refractivity contribution in [1.82, 2.24) is 25.0 Å². The van der Waals surface area contributed by atoms with Crippen LogP contribution in [0.1, 0.15) is 12.5 Å². The number of likely N-dealkylation sites (tertiary alicyclic amines) is 1. The highest BCUT2D eigenvalue weighted by Crippen LogP contribution is 2.29. The van der Waals surface area contributed by atoms with E-state index in [1.807, 2.05) is 11.9 Å². The molecule has 2 unspecified atom stereocenters. The van der Waals surface area contributed by atoms with Gasteiger partial charge in [-0.05, 0) is 20.0 Å². The molecule has 1 amide bonds. The summed E-state index contributed by atoms with van der Waals surface area (Å²) in [6.07, 6.45) is -1.80. The van der Waals surface area contributed by atoms with Crippen LogP contribution >= 0.6 is 0 Å². The second-order valence-corrected chi connectivity index (χ2v) is 4.93. The highest BCUT2D eigenvalue weighted by atomic mass is 19.4. The summed E-state index contributed by atoms with van der Waals surface area (Å²) in [7, 11) is 1.88. The summed E-state index contributed by atoms with van der Waals surface area (Å²) in [4.78, 5) is 17.3. The van der Waals surface area contributed by atoms with E-state index >= 15 is 0 Å². The molecule has 9 heteroatoms. The minimum absolute atomic E-state index is 0.246. The minimum Gasteiger partial charge on any atom is -0.353 e. The second-order valence-electron chi connectivity index (χ2n) is 4.93. The maximum absolute atomic E-state index is 12.9. The molecule has 0 bridgehead atoms. The number of aromatic nitrogens is 3.